The molecule has 0 spiro atoms. The molecule has 1 saturated carbocycles. The number of nitrogens with two attached hydrogens (primary N) is 1. The van der Waals surface area contributed by atoms with Gasteiger partial charge in [-0.05, 0) is 36.8 Å². The summed E-state index contributed by atoms with van der Waals surface area (Å²) in [5.41, 5.74) is 9.16. The SMILES string of the molecule is NC(=NC1CCCCC1)N1CCCc2ccccc2C1. The van der Waals surface area contributed by atoms with Crippen LogP contribution in [0.2, 0.25) is 0 Å². The summed E-state index contributed by atoms with van der Waals surface area (Å²) in [6.07, 6.45) is 8.73. The summed E-state index contributed by atoms with van der Waals surface area (Å²) in [4.78, 5) is 7.06. The van der Waals surface area contributed by atoms with Gasteiger partial charge in [-0.15, -0.1) is 0 Å². The zero-order valence-electron chi connectivity index (χ0n) is 12.2. The summed E-state index contributed by atoms with van der Waals surface area (Å²) >= 11 is 0. The molecule has 3 heteroatoms. The Balaban J connectivity index is 1.71. The number of aliphatic imine (C=N–C) groups is 1. The van der Waals surface area contributed by atoms with E-state index >= 15 is 0 Å². The maximum absolute atomic E-state index is 6.28. The fourth-order valence-electron chi connectivity index (χ4n) is 3.38. The highest BCUT2D eigenvalue weighted by Gasteiger charge is 2.18. The van der Waals surface area contributed by atoms with Gasteiger partial charge >= 0.3 is 0 Å². The predicted octanol–water partition coefficient (Wildman–Crippen LogP) is 3.08. The van der Waals surface area contributed by atoms with Crippen molar-refractivity contribution in [2.45, 2.75) is 57.5 Å². The van der Waals surface area contributed by atoms with Gasteiger partial charge in [-0.3, -0.25) is 0 Å². The Morgan fingerprint density at radius 3 is 2.60 bits per heavy atom. The number of hydrogen-bond acceptors (Lipinski definition) is 1. The van der Waals surface area contributed by atoms with E-state index in [0.717, 1.165) is 31.9 Å². The third kappa shape index (κ3) is 3.14. The van der Waals surface area contributed by atoms with Crippen molar-refractivity contribution < 1.29 is 0 Å². The lowest BCUT2D eigenvalue weighted by molar-refractivity contribution is 0.395. The van der Waals surface area contributed by atoms with Crippen LogP contribution in [0.1, 0.15) is 49.7 Å². The fraction of sp³-hybridized carbons (Fsp3) is 0.588. The number of guanidine groups is 1. The molecule has 3 nitrogen and oxygen atoms in total. The molecule has 0 atom stereocenters. The Hall–Kier alpha value is -1.51. The molecule has 2 aliphatic rings. The summed E-state index contributed by atoms with van der Waals surface area (Å²) < 4.78 is 0. The Morgan fingerprint density at radius 2 is 1.80 bits per heavy atom. The molecule has 0 aromatic heterocycles. The first-order valence-corrected chi connectivity index (χ1v) is 7.98. The molecule has 20 heavy (non-hydrogen) atoms. The molecule has 1 aromatic rings. The Kier molecular flexibility index (Phi) is 4.24. The van der Waals surface area contributed by atoms with E-state index in [1.807, 2.05) is 0 Å². The Bertz CT molecular complexity index is 475. The lowest BCUT2D eigenvalue weighted by Gasteiger charge is -2.25. The van der Waals surface area contributed by atoms with Crippen molar-refractivity contribution in [1.82, 2.24) is 4.90 Å². The molecular formula is C17H25N3. The highest BCUT2D eigenvalue weighted by Crippen LogP contribution is 2.22. The Morgan fingerprint density at radius 1 is 1.05 bits per heavy atom. The maximum Gasteiger partial charge on any atom is 0.191 e. The smallest absolute Gasteiger partial charge is 0.191 e. The van der Waals surface area contributed by atoms with Gasteiger partial charge in [0, 0.05) is 13.1 Å². The van der Waals surface area contributed by atoms with Crippen LogP contribution in [0.4, 0.5) is 0 Å². The normalized spacial score (nSPS) is 21.4. The maximum atomic E-state index is 6.28. The van der Waals surface area contributed by atoms with Crippen LogP contribution in [0.3, 0.4) is 0 Å². The third-order valence-corrected chi connectivity index (χ3v) is 4.57. The van der Waals surface area contributed by atoms with Gasteiger partial charge < -0.3 is 10.6 Å². The number of hydrogen-bond donors (Lipinski definition) is 1. The second-order valence-electron chi connectivity index (χ2n) is 6.07. The summed E-state index contributed by atoms with van der Waals surface area (Å²) in [5, 5.41) is 0. The van der Waals surface area contributed by atoms with Gasteiger partial charge in [0.05, 0.1) is 6.04 Å². The first-order chi connectivity index (χ1) is 9.83. The van der Waals surface area contributed by atoms with Crippen molar-refractivity contribution >= 4 is 5.96 Å². The molecule has 0 amide bonds. The van der Waals surface area contributed by atoms with Crippen LogP contribution in [0.15, 0.2) is 29.3 Å². The third-order valence-electron chi connectivity index (χ3n) is 4.57. The topological polar surface area (TPSA) is 41.6 Å². The number of aryl methyl sites for hydroxylation is 1. The van der Waals surface area contributed by atoms with Crippen molar-refractivity contribution in [3.05, 3.63) is 35.4 Å². The van der Waals surface area contributed by atoms with Gasteiger partial charge in [-0.2, -0.15) is 0 Å². The molecule has 108 valence electrons. The average Bonchev–Trinajstić information content (AvgIpc) is 2.70. The zero-order valence-corrected chi connectivity index (χ0v) is 12.2. The van der Waals surface area contributed by atoms with Gasteiger partial charge in [0.1, 0.15) is 0 Å². The van der Waals surface area contributed by atoms with Crippen LogP contribution in [-0.2, 0) is 13.0 Å². The van der Waals surface area contributed by atoms with E-state index < -0.39 is 0 Å². The predicted molar refractivity (Wildman–Crippen MR) is 83.7 cm³/mol. The number of rotatable bonds is 1. The zero-order chi connectivity index (χ0) is 13.8. The molecule has 0 radical (unpaired) electrons. The average molecular weight is 271 g/mol. The number of nitrogens with zero attached hydrogens (tertiary/aromatic N) is 2. The van der Waals surface area contributed by atoms with Gasteiger partial charge in [0.15, 0.2) is 5.96 Å². The monoisotopic (exact) mass is 271 g/mol. The minimum Gasteiger partial charge on any atom is -0.370 e. The van der Waals surface area contributed by atoms with E-state index in [1.54, 1.807) is 0 Å². The fourth-order valence-corrected chi connectivity index (χ4v) is 3.38. The molecule has 1 aliphatic heterocycles. The van der Waals surface area contributed by atoms with Crippen LogP contribution in [0.5, 0.6) is 0 Å². The van der Waals surface area contributed by atoms with Crippen molar-refractivity contribution in [3.8, 4) is 0 Å². The molecule has 2 N–H and O–H groups in total. The second kappa shape index (κ2) is 6.29. The first-order valence-electron chi connectivity index (χ1n) is 7.98. The number of benzene rings is 1. The summed E-state index contributed by atoms with van der Waals surface area (Å²) in [6.45, 7) is 1.94. The van der Waals surface area contributed by atoms with Crippen molar-refractivity contribution in [2.24, 2.45) is 10.7 Å². The standard InChI is InChI=1S/C17H25N3/c18-17(19-16-10-2-1-3-11-16)20-12-6-9-14-7-4-5-8-15(14)13-20/h4-5,7-8,16H,1-3,6,9-13H2,(H2,18,19). The minimum absolute atomic E-state index is 0.460. The molecule has 0 unspecified atom stereocenters. The Labute approximate surface area is 121 Å². The van der Waals surface area contributed by atoms with E-state index in [2.05, 4.69) is 29.2 Å². The van der Waals surface area contributed by atoms with E-state index in [4.69, 9.17) is 10.7 Å². The quantitative estimate of drug-likeness (QED) is 0.630. The second-order valence-corrected chi connectivity index (χ2v) is 6.07. The summed E-state index contributed by atoms with van der Waals surface area (Å²) in [5.74, 6) is 0.758. The van der Waals surface area contributed by atoms with Crippen LogP contribution >= 0.6 is 0 Å². The molecular weight excluding hydrogens is 246 g/mol. The van der Waals surface area contributed by atoms with E-state index in [1.165, 1.54) is 43.2 Å². The van der Waals surface area contributed by atoms with E-state index in [-0.39, 0.29) is 0 Å². The number of fused-ring (bicyclic) bond motifs is 1. The van der Waals surface area contributed by atoms with Crippen molar-refractivity contribution in [2.75, 3.05) is 6.54 Å². The molecule has 0 saturated heterocycles. The van der Waals surface area contributed by atoms with Crippen molar-refractivity contribution in [1.29, 1.82) is 0 Å². The van der Waals surface area contributed by atoms with Crippen molar-refractivity contribution in [3.63, 3.8) is 0 Å². The van der Waals surface area contributed by atoms with Gasteiger partial charge in [-0.25, -0.2) is 4.99 Å². The highest BCUT2D eigenvalue weighted by molar-refractivity contribution is 5.78. The lowest BCUT2D eigenvalue weighted by atomic mass is 9.96. The van der Waals surface area contributed by atoms with Gasteiger partial charge in [-0.1, -0.05) is 43.5 Å². The summed E-state index contributed by atoms with van der Waals surface area (Å²) in [7, 11) is 0. The van der Waals surface area contributed by atoms with Gasteiger partial charge in [0.25, 0.3) is 0 Å². The first kappa shape index (κ1) is 13.5. The van der Waals surface area contributed by atoms with Crippen LogP contribution in [0.25, 0.3) is 0 Å². The molecule has 1 fully saturated rings. The largest absolute Gasteiger partial charge is 0.370 e. The summed E-state index contributed by atoms with van der Waals surface area (Å²) in [6, 6.07) is 9.18. The van der Waals surface area contributed by atoms with Gasteiger partial charge in [0.2, 0.25) is 0 Å². The molecule has 1 heterocycles. The molecule has 1 aromatic carbocycles. The van der Waals surface area contributed by atoms with Crippen LogP contribution in [-0.4, -0.2) is 23.4 Å². The highest BCUT2D eigenvalue weighted by atomic mass is 15.3. The molecule has 3 rings (SSSR count). The minimum atomic E-state index is 0.460. The molecule has 0 bridgehead atoms. The van der Waals surface area contributed by atoms with Crippen LogP contribution < -0.4 is 5.73 Å². The lowest BCUT2D eigenvalue weighted by Crippen LogP contribution is -2.38. The van der Waals surface area contributed by atoms with E-state index in [0.29, 0.717) is 6.04 Å². The van der Waals surface area contributed by atoms with E-state index in [9.17, 15) is 0 Å². The van der Waals surface area contributed by atoms with Crippen LogP contribution in [0, 0.1) is 0 Å². The molecule has 1 aliphatic carbocycles.